The van der Waals surface area contributed by atoms with Gasteiger partial charge in [0.25, 0.3) is 10.0 Å². The van der Waals surface area contributed by atoms with Gasteiger partial charge in [0.2, 0.25) is 5.03 Å². The van der Waals surface area contributed by atoms with Gasteiger partial charge >= 0.3 is 0 Å². The Bertz CT molecular complexity index is 727. The average Bonchev–Trinajstić information content (AvgIpc) is 2.64. The van der Waals surface area contributed by atoms with E-state index in [1.54, 1.807) is 20.0 Å². The molecular weight excluding hydrogens is 311 g/mol. The van der Waals surface area contributed by atoms with Crippen molar-refractivity contribution < 1.29 is 8.42 Å². The number of hydrogen-bond acceptors (Lipinski definition) is 4. The summed E-state index contributed by atoms with van der Waals surface area (Å²) in [7, 11) is -2.25. The van der Waals surface area contributed by atoms with Crippen molar-refractivity contribution in [3.63, 3.8) is 0 Å². The molecule has 2 rings (SSSR count). The number of nitrogens with zero attached hydrogens (tertiary/aromatic N) is 3. The summed E-state index contributed by atoms with van der Waals surface area (Å²) in [6.07, 6.45) is 2.66. The van der Waals surface area contributed by atoms with Crippen LogP contribution in [-0.2, 0) is 17.1 Å². The quantitative estimate of drug-likeness (QED) is 0.880. The Morgan fingerprint density at radius 2 is 2.00 bits per heavy atom. The lowest BCUT2D eigenvalue weighted by molar-refractivity contribution is 0.598. The van der Waals surface area contributed by atoms with Crippen LogP contribution in [0.15, 0.2) is 23.6 Å². The van der Waals surface area contributed by atoms with E-state index in [0.29, 0.717) is 11.3 Å². The van der Waals surface area contributed by atoms with Crippen LogP contribution >= 0.6 is 23.2 Å². The molecule has 2 heterocycles. The largest absolute Gasteiger partial charge is 0.324 e. The number of pyridine rings is 1. The first-order valence-corrected chi connectivity index (χ1v) is 7.37. The van der Waals surface area contributed by atoms with Gasteiger partial charge in [0.1, 0.15) is 10.3 Å². The van der Waals surface area contributed by atoms with Crippen LogP contribution in [-0.4, -0.2) is 23.0 Å². The lowest BCUT2D eigenvalue weighted by Crippen LogP contribution is -2.15. The number of nitrogens with one attached hydrogen (secondary N) is 1. The van der Waals surface area contributed by atoms with Gasteiger partial charge in [-0.3, -0.25) is 4.72 Å². The van der Waals surface area contributed by atoms with Gasteiger partial charge in [-0.2, -0.15) is 8.42 Å². The van der Waals surface area contributed by atoms with Gasteiger partial charge in [0.05, 0.1) is 18.2 Å². The maximum Gasteiger partial charge on any atom is 0.282 e. The zero-order chi connectivity index (χ0) is 14.2. The van der Waals surface area contributed by atoms with E-state index in [1.165, 1.54) is 17.1 Å². The zero-order valence-electron chi connectivity index (χ0n) is 10.1. The number of rotatable bonds is 3. The molecule has 0 aromatic carbocycles. The van der Waals surface area contributed by atoms with Crippen molar-refractivity contribution in [3.8, 4) is 0 Å². The lowest BCUT2D eigenvalue weighted by atomic mass is 10.3. The van der Waals surface area contributed by atoms with Crippen molar-refractivity contribution in [2.75, 3.05) is 4.72 Å². The number of hydrogen-bond donors (Lipinski definition) is 1. The minimum absolute atomic E-state index is 0.0343. The second-order valence-corrected chi connectivity index (χ2v) is 6.22. The molecule has 0 saturated carbocycles. The fraction of sp³-hybridized carbons (Fsp3) is 0.200. The van der Waals surface area contributed by atoms with Gasteiger partial charge in [-0.05, 0) is 18.6 Å². The topological polar surface area (TPSA) is 76.9 Å². The zero-order valence-corrected chi connectivity index (χ0v) is 12.4. The van der Waals surface area contributed by atoms with Crippen LogP contribution < -0.4 is 4.72 Å². The lowest BCUT2D eigenvalue weighted by Gasteiger charge is -2.08. The number of aromatic nitrogens is 3. The molecule has 0 bridgehead atoms. The van der Waals surface area contributed by atoms with E-state index < -0.39 is 10.0 Å². The predicted molar refractivity (Wildman–Crippen MR) is 73.0 cm³/mol. The maximum atomic E-state index is 12.1. The summed E-state index contributed by atoms with van der Waals surface area (Å²) < 4.78 is 28.1. The van der Waals surface area contributed by atoms with Crippen LogP contribution in [0.25, 0.3) is 0 Å². The van der Waals surface area contributed by atoms with E-state index in [0.717, 1.165) is 0 Å². The normalized spacial score (nSPS) is 11.6. The van der Waals surface area contributed by atoms with Gasteiger partial charge in [-0.25, -0.2) is 9.97 Å². The summed E-state index contributed by atoms with van der Waals surface area (Å²) in [4.78, 5) is 7.59. The van der Waals surface area contributed by atoms with E-state index in [2.05, 4.69) is 14.7 Å². The number of halogens is 2. The molecule has 2 aromatic heterocycles. The Balaban J connectivity index is 2.39. The Hall–Kier alpha value is -1.31. The van der Waals surface area contributed by atoms with Crippen molar-refractivity contribution in [1.29, 1.82) is 0 Å². The standard InChI is InChI=1S/C10H10Cl2N4O2S/c1-6-3-8(11)13-4-7(6)15-19(17,18)10-9(12)16(2)5-14-10/h3-5,15H,1-2H3. The van der Waals surface area contributed by atoms with Gasteiger partial charge in [-0.15, -0.1) is 0 Å². The summed E-state index contributed by atoms with van der Waals surface area (Å²) in [5.74, 6) is 0. The van der Waals surface area contributed by atoms with Gasteiger partial charge < -0.3 is 4.57 Å². The van der Waals surface area contributed by atoms with E-state index in [1.807, 2.05) is 0 Å². The molecule has 0 aliphatic carbocycles. The molecule has 0 unspecified atom stereocenters. The molecule has 6 nitrogen and oxygen atoms in total. The molecule has 0 spiro atoms. The summed E-state index contributed by atoms with van der Waals surface area (Å²) in [6, 6.07) is 1.55. The maximum absolute atomic E-state index is 12.1. The Morgan fingerprint density at radius 3 is 2.53 bits per heavy atom. The first-order chi connectivity index (χ1) is 8.81. The van der Waals surface area contributed by atoms with E-state index in [4.69, 9.17) is 23.2 Å². The third-order valence-electron chi connectivity index (χ3n) is 2.41. The third kappa shape index (κ3) is 2.83. The van der Waals surface area contributed by atoms with Crippen LogP contribution in [0.2, 0.25) is 10.3 Å². The molecular formula is C10H10Cl2N4O2S. The minimum atomic E-state index is -3.86. The highest BCUT2D eigenvalue weighted by Gasteiger charge is 2.23. The number of anilines is 1. The molecule has 0 radical (unpaired) electrons. The smallest absolute Gasteiger partial charge is 0.282 e. The third-order valence-corrected chi connectivity index (χ3v) is 4.47. The van der Waals surface area contributed by atoms with Crippen molar-refractivity contribution in [2.45, 2.75) is 11.9 Å². The molecule has 0 atom stereocenters. The first-order valence-electron chi connectivity index (χ1n) is 5.13. The van der Waals surface area contributed by atoms with Crippen LogP contribution in [0.3, 0.4) is 0 Å². The second-order valence-electron chi connectivity index (χ2n) is 3.88. The number of aryl methyl sites for hydroxylation is 2. The number of sulfonamides is 1. The fourth-order valence-electron chi connectivity index (χ4n) is 1.40. The highest BCUT2D eigenvalue weighted by molar-refractivity contribution is 7.92. The summed E-state index contributed by atoms with van der Waals surface area (Å²) in [5.41, 5.74) is 0.974. The summed E-state index contributed by atoms with van der Waals surface area (Å²) in [6.45, 7) is 1.71. The Morgan fingerprint density at radius 1 is 1.32 bits per heavy atom. The molecule has 1 N–H and O–H groups in total. The van der Waals surface area contributed by atoms with Crippen LogP contribution in [0.4, 0.5) is 5.69 Å². The van der Waals surface area contributed by atoms with Crippen LogP contribution in [0, 0.1) is 6.92 Å². The molecule has 19 heavy (non-hydrogen) atoms. The summed E-state index contributed by atoms with van der Waals surface area (Å²) >= 11 is 11.6. The molecule has 0 aliphatic heterocycles. The van der Waals surface area contributed by atoms with Crippen molar-refractivity contribution in [3.05, 3.63) is 34.5 Å². The molecule has 102 valence electrons. The van der Waals surface area contributed by atoms with E-state index in [-0.39, 0.29) is 15.3 Å². The number of imidazole rings is 1. The monoisotopic (exact) mass is 320 g/mol. The van der Waals surface area contributed by atoms with Crippen LogP contribution in [0.1, 0.15) is 5.56 Å². The minimum Gasteiger partial charge on any atom is -0.324 e. The van der Waals surface area contributed by atoms with Crippen molar-refractivity contribution >= 4 is 38.9 Å². The molecule has 0 saturated heterocycles. The Labute approximate surface area is 120 Å². The highest BCUT2D eigenvalue weighted by Crippen LogP contribution is 2.24. The molecule has 2 aromatic rings. The Kier molecular flexibility index (Phi) is 3.71. The fourth-order valence-corrected chi connectivity index (χ4v) is 3.16. The molecule has 0 amide bonds. The summed E-state index contributed by atoms with van der Waals surface area (Å²) in [5, 5.41) is 0.0920. The molecule has 9 heteroatoms. The highest BCUT2D eigenvalue weighted by atomic mass is 35.5. The average molecular weight is 321 g/mol. The second kappa shape index (κ2) is 4.99. The molecule has 0 aliphatic rings. The van der Waals surface area contributed by atoms with Gasteiger partial charge in [0.15, 0.2) is 0 Å². The van der Waals surface area contributed by atoms with Crippen LogP contribution in [0.5, 0.6) is 0 Å². The van der Waals surface area contributed by atoms with E-state index in [9.17, 15) is 8.42 Å². The van der Waals surface area contributed by atoms with Crippen molar-refractivity contribution in [2.24, 2.45) is 7.05 Å². The van der Waals surface area contributed by atoms with Gasteiger partial charge in [-0.1, -0.05) is 23.2 Å². The SMILES string of the molecule is Cc1cc(Cl)ncc1NS(=O)(=O)c1ncn(C)c1Cl. The predicted octanol–water partition coefficient (Wildman–Crippen LogP) is 2.23. The van der Waals surface area contributed by atoms with E-state index >= 15 is 0 Å². The first kappa shape index (κ1) is 14.1. The molecule has 0 fully saturated rings. The van der Waals surface area contributed by atoms with Crippen molar-refractivity contribution in [1.82, 2.24) is 14.5 Å². The van der Waals surface area contributed by atoms with Gasteiger partial charge in [0, 0.05) is 7.05 Å².